The molecule has 0 radical (unpaired) electrons. The number of nitro groups is 1. The number of hydrogen-bond acceptors (Lipinski definition) is 7. The van der Waals surface area contributed by atoms with E-state index in [0.717, 1.165) is 20.0 Å². The Morgan fingerprint density at radius 1 is 1.35 bits per heavy atom. The van der Waals surface area contributed by atoms with E-state index in [4.69, 9.17) is 0 Å². The molecule has 0 aliphatic heterocycles. The molecule has 0 bridgehead atoms. The van der Waals surface area contributed by atoms with Crippen molar-refractivity contribution in [1.82, 2.24) is 14.4 Å². The topological polar surface area (TPSA) is 102 Å². The zero-order valence-corrected chi connectivity index (χ0v) is 13.3. The lowest BCUT2D eigenvalue weighted by Gasteiger charge is -2.07. The fourth-order valence-corrected chi connectivity index (χ4v) is 3.11. The Kier molecular flexibility index (Phi) is 3.78. The van der Waals surface area contributed by atoms with Crippen molar-refractivity contribution in [3.8, 4) is 0 Å². The minimum atomic E-state index is -0.714. The van der Waals surface area contributed by atoms with Gasteiger partial charge in [0.1, 0.15) is 5.65 Å². The Morgan fingerprint density at radius 3 is 2.78 bits per heavy atom. The predicted octanol–water partition coefficient (Wildman–Crippen LogP) is 2.29. The van der Waals surface area contributed by atoms with E-state index < -0.39 is 16.2 Å². The van der Waals surface area contributed by atoms with Gasteiger partial charge in [-0.1, -0.05) is 6.07 Å². The first-order valence-electron chi connectivity index (χ1n) is 6.80. The monoisotopic (exact) mass is 331 g/mol. The average molecular weight is 331 g/mol. The van der Waals surface area contributed by atoms with Crippen molar-refractivity contribution in [3.63, 3.8) is 0 Å². The molecule has 0 aliphatic rings. The lowest BCUT2D eigenvalue weighted by Crippen LogP contribution is -2.21. The van der Waals surface area contributed by atoms with Crippen LogP contribution in [0.4, 0.5) is 11.5 Å². The largest absolute Gasteiger partial charge is 0.376 e. The van der Waals surface area contributed by atoms with Gasteiger partial charge in [-0.3, -0.25) is 19.3 Å². The van der Waals surface area contributed by atoms with Gasteiger partial charge >= 0.3 is 11.2 Å². The normalized spacial score (nSPS) is 10.9. The molecule has 3 aromatic heterocycles. The fourth-order valence-electron chi connectivity index (χ4n) is 2.27. The van der Waals surface area contributed by atoms with Crippen LogP contribution in [0.2, 0.25) is 0 Å². The molecule has 3 aromatic rings. The second-order valence-electron chi connectivity index (χ2n) is 4.89. The first kappa shape index (κ1) is 15.1. The smallest absolute Gasteiger partial charge is 0.358 e. The molecule has 0 fully saturated rings. The minimum Gasteiger partial charge on any atom is -0.358 e. The van der Waals surface area contributed by atoms with Crippen LogP contribution in [0.25, 0.3) is 5.65 Å². The van der Waals surface area contributed by atoms with Crippen LogP contribution in [-0.4, -0.2) is 19.3 Å². The Bertz CT molecular complexity index is 963. The molecule has 118 valence electrons. The number of nitrogens with one attached hydrogen (secondary N) is 1. The highest BCUT2D eigenvalue weighted by atomic mass is 32.1. The van der Waals surface area contributed by atoms with Crippen molar-refractivity contribution < 1.29 is 4.92 Å². The van der Waals surface area contributed by atoms with E-state index in [0.29, 0.717) is 5.65 Å². The van der Waals surface area contributed by atoms with Crippen molar-refractivity contribution in [2.75, 3.05) is 5.32 Å². The highest BCUT2D eigenvalue weighted by molar-refractivity contribution is 7.11. The van der Waals surface area contributed by atoms with E-state index in [1.54, 1.807) is 29.5 Å². The summed E-state index contributed by atoms with van der Waals surface area (Å²) >= 11 is 1.55. The number of fused-ring (bicyclic) bond motifs is 1. The molecule has 0 saturated heterocycles. The molecule has 3 heterocycles. The number of aryl methyl sites for hydroxylation is 2. The molecule has 0 unspecified atom stereocenters. The molecule has 0 amide bonds. The van der Waals surface area contributed by atoms with Crippen LogP contribution in [0.5, 0.6) is 0 Å². The SMILES string of the molecule is Cc1nc(CNc2nc3ccccn3c(=O)c2[N+](=O)[O-])c(C)s1. The van der Waals surface area contributed by atoms with Gasteiger partial charge in [0.25, 0.3) is 0 Å². The summed E-state index contributed by atoms with van der Waals surface area (Å²) in [5.74, 6) is -0.0451. The average Bonchev–Trinajstić information content (AvgIpc) is 2.82. The van der Waals surface area contributed by atoms with Crippen LogP contribution in [0.1, 0.15) is 15.6 Å². The van der Waals surface area contributed by atoms with Crippen molar-refractivity contribution in [2.24, 2.45) is 0 Å². The maximum Gasteiger partial charge on any atom is 0.376 e. The maximum atomic E-state index is 12.3. The van der Waals surface area contributed by atoms with Gasteiger partial charge in [-0.15, -0.1) is 11.3 Å². The van der Waals surface area contributed by atoms with Crippen molar-refractivity contribution in [3.05, 3.63) is 60.4 Å². The summed E-state index contributed by atoms with van der Waals surface area (Å²) in [5, 5.41) is 15.1. The van der Waals surface area contributed by atoms with Crippen LogP contribution >= 0.6 is 11.3 Å². The molecule has 0 spiro atoms. The van der Waals surface area contributed by atoms with Crippen LogP contribution in [0, 0.1) is 24.0 Å². The number of aromatic nitrogens is 3. The van der Waals surface area contributed by atoms with Gasteiger partial charge in [0.2, 0.25) is 5.82 Å². The molecule has 23 heavy (non-hydrogen) atoms. The van der Waals surface area contributed by atoms with Crippen molar-refractivity contribution in [2.45, 2.75) is 20.4 Å². The van der Waals surface area contributed by atoms with Crippen LogP contribution in [0.15, 0.2) is 29.2 Å². The summed E-state index contributed by atoms with van der Waals surface area (Å²) in [4.78, 5) is 32.4. The third-order valence-electron chi connectivity index (χ3n) is 3.32. The van der Waals surface area contributed by atoms with E-state index >= 15 is 0 Å². The number of nitrogens with zero attached hydrogens (tertiary/aromatic N) is 4. The van der Waals surface area contributed by atoms with Crippen LogP contribution in [-0.2, 0) is 6.54 Å². The molecule has 0 atom stereocenters. The first-order chi connectivity index (χ1) is 11.0. The van der Waals surface area contributed by atoms with Crippen molar-refractivity contribution in [1.29, 1.82) is 0 Å². The van der Waals surface area contributed by atoms with Gasteiger partial charge < -0.3 is 5.32 Å². The molecular weight excluding hydrogens is 318 g/mol. The summed E-state index contributed by atoms with van der Waals surface area (Å²) in [5.41, 5.74) is -0.152. The standard InChI is InChI=1S/C14H13N5O3S/c1-8-10(16-9(2)23-8)7-15-13-12(19(21)22)14(20)18-6-4-3-5-11(18)17-13/h3-6,15H,7H2,1-2H3. The number of anilines is 1. The van der Waals surface area contributed by atoms with Gasteiger partial charge in [-0.05, 0) is 26.0 Å². The maximum absolute atomic E-state index is 12.3. The molecule has 0 saturated carbocycles. The van der Waals surface area contributed by atoms with Crippen LogP contribution in [0.3, 0.4) is 0 Å². The minimum absolute atomic E-state index is 0.0451. The summed E-state index contributed by atoms with van der Waals surface area (Å²) < 4.78 is 1.15. The van der Waals surface area contributed by atoms with E-state index in [1.165, 1.54) is 6.20 Å². The molecular formula is C14H13N5O3S. The van der Waals surface area contributed by atoms with Gasteiger partial charge in [0, 0.05) is 11.1 Å². The molecule has 9 heteroatoms. The number of rotatable bonds is 4. The second-order valence-corrected chi connectivity index (χ2v) is 6.30. The summed E-state index contributed by atoms with van der Waals surface area (Å²) in [7, 11) is 0. The molecule has 8 nitrogen and oxygen atoms in total. The highest BCUT2D eigenvalue weighted by Crippen LogP contribution is 2.21. The van der Waals surface area contributed by atoms with Gasteiger partial charge in [0.15, 0.2) is 0 Å². The predicted molar refractivity (Wildman–Crippen MR) is 87.0 cm³/mol. The van der Waals surface area contributed by atoms with E-state index in [1.807, 2.05) is 13.8 Å². The van der Waals surface area contributed by atoms with E-state index in [2.05, 4.69) is 15.3 Å². The first-order valence-corrected chi connectivity index (χ1v) is 7.61. The fraction of sp³-hybridized carbons (Fsp3) is 0.214. The van der Waals surface area contributed by atoms with E-state index in [-0.39, 0.29) is 12.4 Å². The molecule has 3 rings (SSSR count). The summed E-state index contributed by atoms with van der Waals surface area (Å²) in [6, 6.07) is 4.95. The Morgan fingerprint density at radius 2 is 2.13 bits per heavy atom. The number of hydrogen-bond donors (Lipinski definition) is 1. The number of thiazole rings is 1. The van der Waals surface area contributed by atoms with Gasteiger partial charge in [0.05, 0.1) is 22.2 Å². The summed E-state index contributed by atoms with van der Waals surface area (Å²) in [6.45, 7) is 4.09. The lowest BCUT2D eigenvalue weighted by atomic mass is 10.3. The quantitative estimate of drug-likeness (QED) is 0.581. The third kappa shape index (κ3) is 2.78. The lowest BCUT2D eigenvalue weighted by molar-refractivity contribution is -0.385. The highest BCUT2D eigenvalue weighted by Gasteiger charge is 2.23. The molecule has 0 aliphatic carbocycles. The zero-order chi connectivity index (χ0) is 16.6. The third-order valence-corrected chi connectivity index (χ3v) is 4.24. The van der Waals surface area contributed by atoms with E-state index in [9.17, 15) is 14.9 Å². The van der Waals surface area contributed by atoms with Gasteiger partial charge in [-0.25, -0.2) is 9.97 Å². The van der Waals surface area contributed by atoms with Crippen molar-refractivity contribution >= 4 is 28.5 Å². The Labute approximate surface area is 134 Å². The molecule has 0 aromatic carbocycles. The second kappa shape index (κ2) is 5.76. The molecule has 1 N–H and O–H groups in total. The zero-order valence-electron chi connectivity index (χ0n) is 12.4. The Balaban J connectivity index is 2.05. The number of pyridine rings is 1. The Hall–Kier alpha value is -2.81. The van der Waals surface area contributed by atoms with Crippen LogP contribution < -0.4 is 10.9 Å². The summed E-state index contributed by atoms with van der Waals surface area (Å²) in [6.07, 6.45) is 1.45. The van der Waals surface area contributed by atoms with Gasteiger partial charge in [-0.2, -0.15) is 0 Å².